The number of carbonyl (C=O) groups is 3. The summed E-state index contributed by atoms with van der Waals surface area (Å²) < 4.78 is 32.2. The molecule has 1 saturated heterocycles. The molecule has 0 saturated carbocycles. The summed E-state index contributed by atoms with van der Waals surface area (Å²) >= 11 is 1.31. The Bertz CT molecular complexity index is 1300. The van der Waals surface area contributed by atoms with Crippen LogP contribution in [0.3, 0.4) is 0 Å². The highest BCUT2D eigenvalue weighted by molar-refractivity contribution is 7.89. The fraction of sp³-hybridized carbons (Fsp3) is 0.500. The number of thiophene rings is 1. The molecule has 12 heteroatoms. The van der Waals surface area contributed by atoms with Gasteiger partial charge in [0.1, 0.15) is 5.00 Å². The lowest BCUT2D eigenvalue weighted by atomic mass is 10.0. The van der Waals surface area contributed by atoms with Crippen LogP contribution in [0.5, 0.6) is 0 Å². The van der Waals surface area contributed by atoms with E-state index in [0.29, 0.717) is 37.1 Å². The molecule has 10 nitrogen and oxygen atoms in total. The van der Waals surface area contributed by atoms with Crippen LogP contribution in [0.2, 0.25) is 0 Å². The first-order valence-electron chi connectivity index (χ1n) is 12.9. The zero-order chi connectivity index (χ0) is 27.4. The molecule has 2 aliphatic rings. The second-order valence-electron chi connectivity index (χ2n) is 9.64. The van der Waals surface area contributed by atoms with Gasteiger partial charge in [0.2, 0.25) is 10.0 Å². The van der Waals surface area contributed by atoms with Crippen LogP contribution in [0.4, 0.5) is 9.80 Å². The van der Waals surface area contributed by atoms with Crippen molar-refractivity contribution in [3.63, 3.8) is 0 Å². The molecule has 0 bridgehead atoms. The number of amides is 3. The first kappa shape index (κ1) is 28.2. The molecular weight excluding hydrogens is 528 g/mol. The van der Waals surface area contributed by atoms with Crippen molar-refractivity contribution in [3.8, 4) is 0 Å². The Labute approximate surface area is 227 Å². The quantitative estimate of drug-likeness (QED) is 0.525. The van der Waals surface area contributed by atoms with Crippen LogP contribution in [0.15, 0.2) is 29.2 Å². The maximum Gasteiger partial charge on any atom is 0.414 e. The zero-order valence-corrected chi connectivity index (χ0v) is 23.5. The number of sulfonamides is 1. The van der Waals surface area contributed by atoms with Gasteiger partial charge < -0.3 is 10.1 Å². The van der Waals surface area contributed by atoms with Crippen LogP contribution in [0, 0.1) is 0 Å². The molecule has 0 atom stereocenters. The molecule has 0 aliphatic carbocycles. The molecule has 1 fully saturated rings. The number of fused-ring (bicyclic) bond motifs is 1. The highest BCUT2D eigenvalue weighted by Gasteiger charge is 2.31. The number of hydrogen-bond donors (Lipinski definition) is 2. The van der Waals surface area contributed by atoms with Gasteiger partial charge in [-0.05, 0) is 69.9 Å². The van der Waals surface area contributed by atoms with Gasteiger partial charge in [0.05, 0.1) is 17.1 Å². The molecule has 2 aromatic rings. The number of piperidine rings is 1. The van der Waals surface area contributed by atoms with E-state index >= 15 is 0 Å². The third-order valence-corrected chi connectivity index (χ3v) is 9.88. The molecule has 1 aromatic carbocycles. The highest BCUT2D eigenvalue weighted by atomic mass is 32.2. The van der Waals surface area contributed by atoms with Gasteiger partial charge in [-0.15, -0.1) is 11.3 Å². The standard InChI is InChI=1S/C26H34N4O6S2/c1-4-36-26(33)28-24(32)22-20-12-15-29(17(2)3)16-21(20)37-25(22)27-23(31)18-8-10-19(11-9-18)38(34,35)30-13-6-5-7-14-30/h8-11,17H,4-7,12-16H2,1-3H3,(H,27,31)(H,28,32,33). The molecule has 38 heavy (non-hydrogen) atoms. The van der Waals surface area contributed by atoms with E-state index in [-0.39, 0.29) is 22.6 Å². The van der Waals surface area contributed by atoms with Crippen molar-refractivity contribution in [2.45, 2.75) is 63.9 Å². The normalized spacial score (nSPS) is 16.6. The van der Waals surface area contributed by atoms with E-state index in [1.54, 1.807) is 6.92 Å². The number of nitrogens with zero attached hydrogens (tertiary/aromatic N) is 2. The zero-order valence-electron chi connectivity index (χ0n) is 21.9. The highest BCUT2D eigenvalue weighted by Crippen LogP contribution is 2.38. The number of hydrogen-bond acceptors (Lipinski definition) is 8. The minimum atomic E-state index is -3.61. The third-order valence-electron chi connectivity index (χ3n) is 6.83. The molecule has 4 rings (SSSR count). The topological polar surface area (TPSA) is 125 Å². The Morgan fingerprint density at radius 2 is 1.71 bits per heavy atom. The summed E-state index contributed by atoms with van der Waals surface area (Å²) in [5.74, 6) is -1.10. The summed E-state index contributed by atoms with van der Waals surface area (Å²) in [5, 5.41) is 5.42. The monoisotopic (exact) mass is 562 g/mol. The van der Waals surface area contributed by atoms with Crippen molar-refractivity contribution >= 4 is 44.3 Å². The molecule has 206 valence electrons. The summed E-state index contributed by atoms with van der Waals surface area (Å²) in [6, 6.07) is 6.14. The van der Waals surface area contributed by atoms with Crippen molar-refractivity contribution in [2.24, 2.45) is 0 Å². The predicted molar refractivity (Wildman–Crippen MR) is 145 cm³/mol. The second kappa shape index (κ2) is 11.9. The van der Waals surface area contributed by atoms with Gasteiger partial charge in [-0.3, -0.25) is 19.8 Å². The Hall–Kier alpha value is -2.80. The number of alkyl carbamates (subject to hydrolysis) is 1. The lowest BCUT2D eigenvalue weighted by molar-refractivity contribution is 0.0924. The first-order valence-corrected chi connectivity index (χ1v) is 15.2. The number of carbonyl (C=O) groups excluding carboxylic acids is 3. The molecule has 2 N–H and O–H groups in total. The lowest BCUT2D eigenvalue weighted by Gasteiger charge is -2.30. The fourth-order valence-electron chi connectivity index (χ4n) is 4.72. The largest absolute Gasteiger partial charge is 0.450 e. The van der Waals surface area contributed by atoms with E-state index in [1.807, 2.05) is 0 Å². The summed E-state index contributed by atoms with van der Waals surface area (Å²) in [7, 11) is -3.61. The summed E-state index contributed by atoms with van der Waals surface area (Å²) in [4.78, 5) is 41.6. The Morgan fingerprint density at radius 3 is 2.34 bits per heavy atom. The maximum absolute atomic E-state index is 13.2. The van der Waals surface area contributed by atoms with E-state index in [9.17, 15) is 22.8 Å². The molecule has 0 unspecified atom stereocenters. The van der Waals surface area contributed by atoms with Crippen molar-refractivity contribution in [3.05, 3.63) is 45.8 Å². The number of anilines is 1. The predicted octanol–water partition coefficient (Wildman–Crippen LogP) is 3.83. The van der Waals surface area contributed by atoms with Gasteiger partial charge in [0.15, 0.2) is 0 Å². The number of nitrogens with one attached hydrogen (secondary N) is 2. The van der Waals surface area contributed by atoms with Crippen LogP contribution >= 0.6 is 11.3 Å². The number of ether oxygens (including phenoxy) is 1. The van der Waals surface area contributed by atoms with Crippen LogP contribution in [0.25, 0.3) is 0 Å². The molecule has 3 heterocycles. The number of benzene rings is 1. The first-order chi connectivity index (χ1) is 18.1. The van der Waals surface area contributed by atoms with Gasteiger partial charge in [-0.2, -0.15) is 4.31 Å². The van der Waals surface area contributed by atoms with E-state index in [2.05, 4.69) is 29.4 Å². The molecule has 1 aromatic heterocycles. The van der Waals surface area contributed by atoms with E-state index in [1.165, 1.54) is 39.9 Å². The van der Waals surface area contributed by atoms with Crippen LogP contribution in [-0.4, -0.2) is 67.8 Å². The summed E-state index contributed by atoms with van der Waals surface area (Å²) in [5.41, 5.74) is 1.33. The molecular formula is C26H34N4O6S2. The molecule has 2 aliphatic heterocycles. The van der Waals surface area contributed by atoms with E-state index < -0.39 is 27.9 Å². The lowest BCUT2D eigenvalue weighted by Crippen LogP contribution is -2.36. The minimum Gasteiger partial charge on any atom is -0.450 e. The van der Waals surface area contributed by atoms with Crippen molar-refractivity contribution in [1.82, 2.24) is 14.5 Å². The van der Waals surface area contributed by atoms with Gasteiger partial charge in [-0.1, -0.05) is 6.42 Å². The minimum absolute atomic E-state index is 0.122. The van der Waals surface area contributed by atoms with Crippen molar-refractivity contribution in [2.75, 3.05) is 31.6 Å². The third kappa shape index (κ3) is 6.09. The Morgan fingerprint density at radius 1 is 1.03 bits per heavy atom. The van der Waals surface area contributed by atoms with Crippen molar-refractivity contribution < 1.29 is 27.5 Å². The Kier molecular flexibility index (Phi) is 8.86. The number of rotatable bonds is 7. The van der Waals surface area contributed by atoms with Gasteiger partial charge in [-0.25, -0.2) is 13.2 Å². The average molecular weight is 563 g/mol. The van der Waals surface area contributed by atoms with Crippen molar-refractivity contribution in [1.29, 1.82) is 0 Å². The maximum atomic E-state index is 13.2. The average Bonchev–Trinajstić information content (AvgIpc) is 3.26. The van der Waals surface area contributed by atoms with Gasteiger partial charge >= 0.3 is 6.09 Å². The van der Waals surface area contributed by atoms with Crippen LogP contribution in [-0.2, 0) is 27.7 Å². The van der Waals surface area contributed by atoms with E-state index in [4.69, 9.17) is 4.74 Å². The summed E-state index contributed by atoms with van der Waals surface area (Å²) in [6.07, 6.45) is 2.46. The number of imide groups is 1. The summed E-state index contributed by atoms with van der Waals surface area (Å²) in [6.45, 7) is 8.35. The molecule has 3 amide bonds. The molecule has 0 radical (unpaired) electrons. The SMILES string of the molecule is CCOC(=O)NC(=O)c1c(NC(=O)c2ccc(S(=O)(=O)N3CCCCC3)cc2)sc2c1CCN(C(C)C)C2. The molecule has 0 spiro atoms. The van der Waals surface area contributed by atoms with Crippen LogP contribution in [0.1, 0.15) is 71.2 Å². The van der Waals surface area contributed by atoms with Gasteiger partial charge in [0, 0.05) is 42.7 Å². The second-order valence-corrected chi connectivity index (χ2v) is 12.7. The van der Waals surface area contributed by atoms with E-state index in [0.717, 1.165) is 36.2 Å². The smallest absolute Gasteiger partial charge is 0.414 e. The Balaban J connectivity index is 1.57. The van der Waals surface area contributed by atoms with Gasteiger partial charge in [0.25, 0.3) is 11.8 Å². The van der Waals surface area contributed by atoms with Crippen LogP contribution < -0.4 is 10.6 Å². The fourth-order valence-corrected chi connectivity index (χ4v) is 7.51.